The molecule has 2 unspecified atom stereocenters. The number of nitrogens with zero attached hydrogens (tertiary/aromatic N) is 3. The molecule has 3 aliphatic heterocycles. The molecule has 3 aliphatic rings. The first-order chi connectivity index (χ1) is 14.9. The molecule has 166 valence electrons. The van der Waals surface area contributed by atoms with E-state index in [1.807, 2.05) is 34.9 Å². The molecule has 0 saturated carbocycles. The summed E-state index contributed by atoms with van der Waals surface area (Å²) in [5.41, 5.74) is 3.87. The van der Waals surface area contributed by atoms with E-state index in [4.69, 9.17) is 4.74 Å². The molecule has 0 radical (unpaired) electrons. The molecular weight excluding hydrogens is 414 g/mol. The molecule has 1 aromatic heterocycles. The van der Waals surface area contributed by atoms with Gasteiger partial charge in [-0.05, 0) is 35.6 Å². The Morgan fingerprint density at radius 1 is 1.00 bits per heavy atom. The van der Waals surface area contributed by atoms with Gasteiger partial charge in [0.15, 0.2) is 0 Å². The predicted molar refractivity (Wildman–Crippen MR) is 119 cm³/mol. The Hall–Kier alpha value is -2.00. The molecule has 0 aliphatic carbocycles. The van der Waals surface area contributed by atoms with Crippen LogP contribution in [0.15, 0.2) is 41.2 Å². The van der Waals surface area contributed by atoms with Crippen molar-refractivity contribution < 1.29 is 13.2 Å². The number of hydrogen-bond donors (Lipinski definition) is 0. The summed E-state index contributed by atoms with van der Waals surface area (Å²) < 4.78 is 33.1. The number of rotatable bonds is 4. The van der Waals surface area contributed by atoms with Gasteiger partial charge in [0.2, 0.25) is 10.0 Å². The smallest absolute Gasteiger partial charge is 0.258 e. The minimum Gasteiger partial charge on any atom is -0.379 e. The molecule has 2 aromatic rings. The fourth-order valence-electron chi connectivity index (χ4n) is 5.30. The molecule has 0 spiro atoms. The maximum absolute atomic E-state index is 13.6. The van der Waals surface area contributed by atoms with Gasteiger partial charge >= 0.3 is 0 Å². The van der Waals surface area contributed by atoms with Gasteiger partial charge in [0.25, 0.3) is 5.56 Å². The molecule has 0 amide bonds. The summed E-state index contributed by atoms with van der Waals surface area (Å²) in [6, 6.07) is 12.1. The van der Waals surface area contributed by atoms with E-state index < -0.39 is 10.0 Å². The summed E-state index contributed by atoms with van der Waals surface area (Å²) >= 11 is 0. The molecule has 5 rings (SSSR count). The predicted octanol–water partition coefficient (Wildman–Crippen LogP) is 1.73. The lowest BCUT2D eigenvalue weighted by Crippen LogP contribution is -2.48. The Morgan fingerprint density at radius 3 is 2.55 bits per heavy atom. The zero-order valence-electron chi connectivity index (χ0n) is 17.9. The maximum Gasteiger partial charge on any atom is 0.258 e. The second-order valence-electron chi connectivity index (χ2n) is 9.01. The van der Waals surface area contributed by atoms with E-state index >= 15 is 0 Å². The highest BCUT2D eigenvalue weighted by Gasteiger charge is 2.38. The lowest BCUT2D eigenvalue weighted by Gasteiger charge is -2.41. The van der Waals surface area contributed by atoms with Crippen LogP contribution in [0, 0.1) is 5.92 Å². The van der Waals surface area contributed by atoms with E-state index in [-0.39, 0.29) is 17.4 Å². The molecule has 2 fully saturated rings. The van der Waals surface area contributed by atoms with Gasteiger partial charge in [-0.25, -0.2) is 12.7 Å². The van der Waals surface area contributed by atoms with Crippen LogP contribution in [0.25, 0.3) is 11.1 Å². The topological polar surface area (TPSA) is 71.9 Å². The summed E-state index contributed by atoms with van der Waals surface area (Å²) in [6.45, 7) is 5.63. The van der Waals surface area contributed by atoms with Gasteiger partial charge in [0.05, 0.1) is 19.5 Å². The zero-order valence-corrected chi connectivity index (χ0v) is 18.7. The van der Waals surface area contributed by atoms with Crippen molar-refractivity contribution in [3.63, 3.8) is 0 Å². The van der Waals surface area contributed by atoms with Crippen molar-refractivity contribution in [2.45, 2.75) is 25.4 Å². The van der Waals surface area contributed by atoms with Crippen LogP contribution < -0.4 is 5.56 Å². The maximum atomic E-state index is 13.6. The van der Waals surface area contributed by atoms with Crippen LogP contribution in [-0.2, 0) is 27.8 Å². The average Bonchev–Trinajstić information content (AvgIpc) is 2.75. The first-order valence-electron chi connectivity index (χ1n) is 11.0. The van der Waals surface area contributed by atoms with E-state index in [1.54, 1.807) is 4.31 Å². The number of benzene rings is 1. The highest BCUT2D eigenvalue weighted by atomic mass is 32.2. The number of ether oxygens (including phenoxy) is 1. The normalized spacial score (nSPS) is 24.7. The van der Waals surface area contributed by atoms with Gasteiger partial charge in [-0.2, -0.15) is 0 Å². The van der Waals surface area contributed by atoms with Crippen LogP contribution in [0.5, 0.6) is 0 Å². The SMILES string of the molecule is CS(=O)(=O)N1CC2CC(C1)c1ccc(-c3ccccc3CN3CCOCC3)c(=O)n1C2. The zero-order chi connectivity index (χ0) is 21.6. The molecule has 2 atom stereocenters. The lowest BCUT2D eigenvalue weighted by molar-refractivity contribution is 0.0342. The van der Waals surface area contributed by atoms with Crippen LogP contribution in [0.2, 0.25) is 0 Å². The van der Waals surface area contributed by atoms with Crippen LogP contribution in [0.1, 0.15) is 23.6 Å². The van der Waals surface area contributed by atoms with E-state index in [0.717, 1.165) is 61.7 Å². The summed E-state index contributed by atoms with van der Waals surface area (Å²) in [4.78, 5) is 15.9. The minimum absolute atomic E-state index is 0.0365. The molecule has 0 N–H and O–H groups in total. The van der Waals surface area contributed by atoms with Crippen LogP contribution in [-0.4, -0.2) is 67.8 Å². The second-order valence-corrected chi connectivity index (χ2v) is 11.0. The van der Waals surface area contributed by atoms with E-state index in [1.165, 1.54) is 6.26 Å². The molecule has 4 heterocycles. The molecule has 2 bridgehead atoms. The van der Waals surface area contributed by atoms with Crippen molar-refractivity contribution in [1.29, 1.82) is 0 Å². The number of hydrogen-bond acceptors (Lipinski definition) is 5. The van der Waals surface area contributed by atoms with Gasteiger partial charge in [0.1, 0.15) is 0 Å². The molecule has 8 heteroatoms. The first-order valence-corrected chi connectivity index (χ1v) is 12.8. The van der Waals surface area contributed by atoms with Crippen LogP contribution in [0.4, 0.5) is 0 Å². The number of piperidine rings is 1. The average molecular weight is 444 g/mol. The van der Waals surface area contributed by atoms with E-state index in [9.17, 15) is 13.2 Å². The summed E-state index contributed by atoms with van der Waals surface area (Å²) in [6.07, 6.45) is 2.22. The Morgan fingerprint density at radius 2 is 1.77 bits per heavy atom. The standard InChI is InChI=1S/C23H29N3O4S/c1-31(28,29)25-13-17-12-19(16-25)22-7-6-21(23(27)26(22)14-17)20-5-3-2-4-18(20)15-24-8-10-30-11-9-24/h2-7,17,19H,8-16H2,1H3. The second kappa shape index (κ2) is 8.16. The third-order valence-corrected chi connectivity index (χ3v) is 8.08. The summed E-state index contributed by atoms with van der Waals surface area (Å²) in [5.74, 6) is 0.255. The van der Waals surface area contributed by atoms with Crippen molar-refractivity contribution >= 4 is 10.0 Å². The fraction of sp³-hybridized carbons (Fsp3) is 0.522. The molecular formula is C23H29N3O4S. The van der Waals surface area contributed by atoms with Crippen molar-refractivity contribution in [3.8, 4) is 11.1 Å². The van der Waals surface area contributed by atoms with Crippen molar-refractivity contribution in [3.05, 3.63) is 58.0 Å². The molecule has 2 saturated heterocycles. The Kier molecular flexibility index (Phi) is 5.50. The Bertz CT molecular complexity index is 1140. The van der Waals surface area contributed by atoms with Gasteiger partial charge in [-0.15, -0.1) is 0 Å². The molecule has 1 aromatic carbocycles. The molecule has 31 heavy (non-hydrogen) atoms. The third-order valence-electron chi connectivity index (χ3n) is 6.84. The number of morpholine rings is 1. The Labute approximate surface area is 183 Å². The Balaban J connectivity index is 1.49. The van der Waals surface area contributed by atoms with E-state index in [0.29, 0.717) is 19.6 Å². The highest BCUT2D eigenvalue weighted by Crippen LogP contribution is 2.36. The van der Waals surface area contributed by atoms with Crippen molar-refractivity contribution in [1.82, 2.24) is 13.8 Å². The quantitative estimate of drug-likeness (QED) is 0.720. The van der Waals surface area contributed by atoms with Gasteiger partial charge in [-0.1, -0.05) is 24.3 Å². The lowest BCUT2D eigenvalue weighted by atomic mass is 9.83. The number of sulfonamides is 1. The first kappa shape index (κ1) is 20.9. The summed E-state index contributed by atoms with van der Waals surface area (Å²) in [5, 5.41) is 0. The van der Waals surface area contributed by atoms with Crippen LogP contribution >= 0.6 is 0 Å². The third kappa shape index (κ3) is 4.09. The van der Waals surface area contributed by atoms with Gasteiger partial charge < -0.3 is 9.30 Å². The number of pyridine rings is 1. The largest absolute Gasteiger partial charge is 0.379 e. The minimum atomic E-state index is -3.22. The van der Waals surface area contributed by atoms with E-state index in [2.05, 4.69) is 11.0 Å². The summed E-state index contributed by atoms with van der Waals surface area (Å²) in [7, 11) is -3.22. The number of fused-ring (bicyclic) bond motifs is 4. The highest BCUT2D eigenvalue weighted by molar-refractivity contribution is 7.88. The fourth-order valence-corrected chi connectivity index (χ4v) is 6.23. The van der Waals surface area contributed by atoms with Crippen molar-refractivity contribution in [2.24, 2.45) is 5.92 Å². The number of aromatic nitrogens is 1. The van der Waals surface area contributed by atoms with Gasteiger partial charge in [-0.3, -0.25) is 9.69 Å². The molecule has 7 nitrogen and oxygen atoms in total. The van der Waals surface area contributed by atoms with Crippen LogP contribution in [0.3, 0.4) is 0 Å². The van der Waals surface area contributed by atoms with Crippen molar-refractivity contribution in [2.75, 3.05) is 45.6 Å². The monoisotopic (exact) mass is 443 g/mol. The van der Waals surface area contributed by atoms with Gasteiger partial charge in [0, 0.05) is 56.4 Å².